The molecule has 6 nitrogen and oxygen atoms in total. The van der Waals surface area contributed by atoms with Crippen LogP contribution in [0, 0.1) is 5.92 Å². The summed E-state index contributed by atoms with van der Waals surface area (Å²) in [6, 6.07) is 0. The van der Waals surface area contributed by atoms with Crippen molar-refractivity contribution in [1.82, 2.24) is 8.61 Å². The second kappa shape index (κ2) is 7.40. The van der Waals surface area contributed by atoms with Crippen molar-refractivity contribution in [3.63, 3.8) is 0 Å². The van der Waals surface area contributed by atoms with E-state index in [4.69, 9.17) is 10.5 Å². The highest BCUT2D eigenvalue weighted by molar-refractivity contribution is 7.86. The lowest BCUT2D eigenvalue weighted by Gasteiger charge is -2.34. The molecule has 0 spiro atoms. The van der Waals surface area contributed by atoms with Gasteiger partial charge in [0.05, 0.1) is 6.61 Å². The summed E-state index contributed by atoms with van der Waals surface area (Å²) in [6.07, 6.45) is 1.91. The smallest absolute Gasteiger partial charge is 0.282 e. The molecule has 7 heteroatoms. The van der Waals surface area contributed by atoms with Gasteiger partial charge in [0.2, 0.25) is 0 Å². The van der Waals surface area contributed by atoms with Crippen LogP contribution in [0.1, 0.15) is 19.8 Å². The number of rotatable bonds is 7. The molecule has 0 aromatic rings. The predicted molar refractivity (Wildman–Crippen MR) is 71.4 cm³/mol. The van der Waals surface area contributed by atoms with Crippen LogP contribution in [-0.4, -0.2) is 63.5 Å². The van der Waals surface area contributed by atoms with Crippen LogP contribution in [0.15, 0.2) is 0 Å². The Morgan fingerprint density at radius 3 is 2.78 bits per heavy atom. The molecule has 1 saturated heterocycles. The summed E-state index contributed by atoms with van der Waals surface area (Å²) in [5, 5.41) is 0. The van der Waals surface area contributed by atoms with Crippen LogP contribution in [-0.2, 0) is 14.9 Å². The molecule has 1 aliphatic heterocycles. The molecule has 0 aliphatic carbocycles. The van der Waals surface area contributed by atoms with Crippen LogP contribution in [0.4, 0.5) is 0 Å². The fraction of sp³-hybridized carbons (Fsp3) is 1.00. The number of ether oxygens (including phenoxy) is 1. The van der Waals surface area contributed by atoms with Gasteiger partial charge in [-0.15, -0.1) is 0 Å². The van der Waals surface area contributed by atoms with Crippen molar-refractivity contribution in [3.05, 3.63) is 0 Å². The first-order valence-electron chi connectivity index (χ1n) is 6.50. The molecule has 2 N–H and O–H groups in total. The zero-order valence-electron chi connectivity index (χ0n) is 11.3. The predicted octanol–water partition coefficient (Wildman–Crippen LogP) is -0.130. The summed E-state index contributed by atoms with van der Waals surface area (Å²) in [6.45, 7) is 4.83. The van der Waals surface area contributed by atoms with Crippen LogP contribution in [0.25, 0.3) is 0 Å². The van der Waals surface area contributed by atoms with E-state index in [1.807, 2.05) is 6.92 Å². The minimum Gasteiger partial charge on any atom is -0.383 e. The van der Waals surface area contributed by atoms with Crippen LogP contribution in [0.3, 0.4) is 0 Å². The Balaban J connectivity index is 2.70. The molecule has 0 aromatic carbocycles. The first kappa shape index (κ1) is 15.8. The number of piperidine rings is 1. The zero-order chi connectivity index (χ0) is 13.6. The van der Waals surface area contributed by atoms with Crippen molar-refractivity contribution in [1.29, 1.82) is 0 Å². The summed E-state index contributed by atoms with van der Waals surface area (Å²) < 4.78 is 32.9. The van der Waals surface area contributed by atoms with E-state index in [0.29, 0.717) is 39.3 Å². The van der Waals surface area contributed by atoms with Crippen LogP contribution >= 0.6 is 0 Å². The van der Waals surface area contributed by atoms with Gasteiger partial charge in [-0.1, -0.05) is 6.92 Å². The lowest BCUT2D eigenvalue weighted by atomic mass is 10.0. The maximum absolute atomic E-state index is 12.4. The van der Waals surface area contributed by atoms with Crippen molar-refractivity contribution < 1.29 is 13.2 Å². The highest BCUT2D eigenvalue weighted by Crippen LogP contribution is 2.20. The molecule has 0 saturated carbocycles. The van der Waals surface area contributed by atoms with Crippen molar-refractivity contribution in [3.8, 4) is 0 Å². The fourth-order valence-electron chi connectivity index (χ4n) is 2.22. The normalized spacial score (nSPS) is 22.6. The largest absolute Gasteiger partial charge is 0.383 e. The van der Waals surface area contributed by atoms with E-state index in [1.165, 1.54) is 4.31 Å². The second-order valence-electron chi connectivity index (χ2n) is 4.59. The summed E-state index contributed by atoms with van der Waals surface area (Å²) in [7, 11) is -1.78. The Morgan fingerprint density at radius 2 is 2.22 bits per heavy atom. The van der Waals surface area contributed by atoms with Gasteiger partial charge in [-0.05, 0) is 25.3 Å². The Labute approximate surface area is 110 Å². The van der Waals surface area contributed by atoms with Crippen molar-refractivity contribution in [2.75, 3.05) is 46.4 Å². The van der Waals surface area contributed by atoms with Crippen molar-refractivity contribution in [2.24, 2.45) is 11.7 Å². The summed E-state index contributed by atoms with van der Waals surface area (Å²) in [5.41, 5.74) is 5.64. The van der Waals surface area contributed by atoms with E-state index >= 15 is 0 Å². The van der Waals surface area contributed by atoms with Crippen LogP contribution in [0.5, 0.6) is 0 Å². The Hall–Kier alpha value is -0.210. The molecular weight excluding hydrogens is 254 g/mol. The van der Waals surface area contributed by atoms with Gasteiger partial charge >= 0.3 is 0 Å². The highest BCUT2D eigenvalue weighted by atomic mass is 32.2. The molecule has 0 amide bonds. The minimum atomic E-state index is -3.36. The second-order valence-corrected chi connectivity index (χ2v) is 6.52. The SMILES string of the molecule is CCN(CCOC)S(=O)(=O)N1CCCC(CN)C1. The van der Waals surface area contributed by atoms with Gasteiger partial charge in [-0.25, -0.2) is 0 Å². The Morgan fingerprint density at radius 1 is 1.50 bits per heavy atom. The molecule has 18 heavy (non-hydrogen) atoms. The summed E-state index contributed by atoms with van der Waals surface area (Å²) in [4.78, 5) is 0. The summed E-state index contributed by atoms with van der Waals surface area (Å²) >= 11 is 0. The van der Waals surface area contributed by atoms with E-state index < -0.39 is 10.2 Å². The van der Waals surface area contributed by atoms with E-state index in [1.54, 1.807) is 11.4 Å². The first-order valence-corrected chi connectivity index (χ1v) is 7.90. The number of nitrogens with zero attached hydrogens (tertiary/aromatic N) is 2. The lowest BCUT2D eigenvalue weighted by molar-refractivity contribution is 0.174. The summed E-state index contributed by atoms with van der Waals surface area (Å²) in [5.74, 6) is 0.287. The molecule has 0 aromatic heterocycles. The number of nitrogens with two attached hydrogens (primary N) is 1. The van der Waals surface area contributed by atoms with Crippen LogP contribution < -0.4 is 5.73 Å². The number of hydrogen-bond acceptors (Lipinski definition) is 4. The van der Waals surface area contributed by atoms with Gasteiger partial charge in [-0.3, -0.25) is 0 Å². The van der Waals surface area contributed by atoms with Gasteiger partial charge in [0.25, 0.3) is 10.2 Å². The van der Waals surface area contributed by atoms with Gasteiger partial charge in [-0.2, -0.15) is 17.0 Å². The van der Waals surface area contributed by atoms with Crippen molar-refractivity contribution in [2.45, 2.75) is 19.8 Å². The molecule has 1 heterocycles. The third kappa shape index (κ3) is 3.89. The van der Waals surface area contributed by atoms with E-state index in [9.17, 15) is 8.42 Å². The van der Waals surface area contributed by atoms with E-state index in [-0.39, 0.29) is 5.92 Å². The highest BCUT2D eigenvalue weighted by Gasteiger charge is 2.32. The average molecular weight is 279 g/mol. The molecule has 1 rings (SSSR count). The topological polar surface area (TPSA) is 75.9 Å². The molecular formula is C11H25N3O3S. The zero-order valence-corrected chi connectivity index (χ0v) is 12.2. The molecule has 1 aliphatic rings. The molecule has 1 atom stereocenters. The number of likely N-dealkylation sites (N-methyl/N-ethyl adjacent to an activating group) is 1. The molecule has 1 unspecified atom stereocenters. The number of methoxy groups -OCH3 is 1. The van der Waals surface area contributed by atoms with Gasteiger partial charge < -0.3 is 10.5 Å². The van der Waals surface area contributed by atoms with Gasteiger partial charge in [0.1, 0.15) is 0 Å². The molecule has 0 radical (unpaired) electrons. The molecule has 0 bridgehead atoms. The fourth-order valence-corrected chi connectivity index (χ4v) is 3.94. The van der Waals surface area contributed by atoms with Gasteiger partial charge in [0.15, 0.2) is 0 Å². The third-order valence-corrected chi connectivity index (χ3v) is 5.44. The van der Waals surface area contributed by atoms with E-state index in [2.05, 4.69) is 0 Å². The average Bonchev–Trinajstić information content (AvgIpc) is 2.39. The molecule has 108 valence electrons. The first-order chi connectivity index (χ1) is 8.56. The standard InChI is InChI=1S/C11H25N3O3S/c1-3-13(7-8-17-2)18(15,16)14-6-4-5-11(9-12)10-14/h11H,3-10,12H2,1-2H3. The monoisotopic (exact) mass is 279 g/mol. The maximum atomic E-state index is 12.4. The number of hydrogen-bond donors (Lipinski definition) is 1. The minimum absolute atomic E-state index is 0.287. The quantitative estimate of drug-likeness (QED) is 0.704. The Kier molecular flexibility index (Phi) is 6.51. The van der Waals surface area contributed by atoms with E-state index in [0.717, 1.165) is 12.8 Å². The molecule has 1 fully saturated rings. The Bertz CT molecular complexity index is 334. The lowest BCUT2D eigenvalue weighted by Crippen LogP contribution is -2.49. The van der Waals surface area contributed by atoms with Gasteiger partial charge in [0, 0.05) is 33.3 Å². The maximum Gasteiger partial charge on any atom is 0.282 e. The van der Waals surface area contributed by atoms with Crippen molar-refractivity contribution >= 4 is 10.2 Å². The third-order valence-electron chi connectivity index (χ3n) is 3.37. The van der Waals surface area contributed by atoms with Crippen LogP contribution in [0.2, 0.25) is 0 Å².